The standard InChI is InChI=1S/C21H22ClN3O6/c1-23-12-14(25(29)30)11-17(23)20(28)31-13-19(27)24(2)21(10-6-5-9-18(21)26)15-7-3-4-8-16(15)22/h3-4,7-8,11-12H,5-6,9-10,13H2,1-2H3. The van der Waals surface area contributed by atoms with Gasteiger partial charge in [0.25, 0.3) is 11.6 Å². The second-order valence-electron chi connectivity index (χ2n) is 7.45. The summed E-state index contributed by atoms with van der Waals surface area (Å²) >= 11 is 6.38. The molecule has 1 fully saturated rings. The maximum atomic E-state index is 13.1. The van der Waals surface area contributed by atoms with Crippen LogP contribution in [0, 0.1) is 10.1 Å². The van der Waals surface area contributed by atoms with Gasteiger partial charge in [-0.05, 0) is 25.3 Å². The Morgan fingerprint density at radius 3 is 2.65 bits per heavy atom. The van der Waals surface area contributed by atoms with Crippen molar-refractivity contribution in [1.82, 2.24) is 9.47 Å². The van der Waals surface area contributed by atoms with Gasteiger partial charge in [0.15, 0.2) is 12.4 Å². The summed E-state index contributed by atoms with van der Waals surface area (Å²) in [5.74, 6) is -1.57. The van der Waals surface area contributed by atoms with Gasteiger partial charge in [0.05, 0.1) is 11.1 Å². The van der Waals surface area contributed by atoms with Gasteiger partial charge < -0.3 is 14.2 Å². The molecule has 3 rings (SSSR count). The van der Waals surface area contributed by atoms with Crippen LogP contribution in [-0.2, 0) is 26.9 Å². The number of carbonyl (C=O) groups excluding carboxylic acids is 3. The summed E-state index contributed by atoms with van der Waals surface area (Å²) in [5.41, 5.74) is -1.01. The molecule has 1 aromatic heterocycles. The number of esters is 1. The van der Waals surface area contributed by atoms with E-state index in [-0.39, 0.29) is 17.2 Å². The highest BCUT2D eigenvalue weighted by atomic mass is 35.5. The van der Waals surface area contributed by atoms with Crippen molar-refractivity contribution in [3.05, 3.63) is 62.9 Å². The number of ketones is 1. The zero-order chi connectivity index (χ0) is 22.8. The molecule has 9 nitrogen and oxygen atoms in total. The molecule has 1 aliphatic rings. The van der Waals surface area contributed by atoms with Gasteiger partial charge in [0, 0.05) is 37.2 Å². The number of ether oxygens (including phenoxy) is 1. The van der Waals surface area contributed by atoms with Crippen LogP contribution in [0.3, 0.4) is 0 Å². The van der Waals surface area contributed by atoms with Crippen molar-refractivity contribution in [3.8, 4) is 0 Å². The highest BCUT2D eigenvalue weighted by Crippen LogP contribution is 2.42. The van der Waals surface area contributed by atoms with Crippen LogP contribution in [-0.4, -0.2) is 45.7 Å². The van der Waals surface area contributed by atoms with Gasteiger partial charge in [0.1, 0.15) is 11.2 Å². The summed E-state index contributed by atoms with van der Waals surface area (Å²) in [6.07, 6.45) is 3.37. The Balaban J connectivity index is 1.81. The number of likely N-dealkylation sites (N-methyl/N-ethyl adjacent to an activating group) is 1. The van der Waals surface area contributed by atoms with E-state index >= 15 is 0 Å². The van der Waals surface area contributed by atoms with Crippen molar-refractivity contribution in [2.24, 2.45) is 7.05 Å². The Bertz CT molecular complexity index is 1050. The van der Waals surface area contributed by atoms with Gasteiger partial charge in [-0.15, -0.1) is 0 Å². The summed E-state index contributed by atoms with van der Waals surface area (Å²) in [6, 6.07) is 7.97. The number of Topliss-reactive ketones (excluding diaryl/α,β-unsaturated/α-hetero) is 1. The van der Waals surface area contributed by atoms with E-state index < -0.39 is 28.9 Å². The molecule has 1 aromatic carbocycles. The number of nitro groups is 1. The van der Waals surface area contributed by atoms with Crippen LogP contribution in [0.5, 0.6) is 0 Å². The van der Waals surface area contributed by atoms with Gasteiger partial charge >= 0.3 is 5.97 Å². The van der Waals surface area contributed by atoms with E-state index in [0.29, 0.717) is 23.4 Å². The first-order valence-corrected chi connectivity index (χ1v) is 10.1. The summed E-state index contributed by atoms with van der Waals surface area (Å²) in [4.78, 5) is 49.9. The molecule has 0 radical (unpaired) electrons. The Kier molecular flexibility index (Phi) is 6.45. The molecular weight excluding hydrogens is 426 g/mol. The van der Waals surface area contributed by atoms with Crippen molar-refractivity contribution >= 4 is 34.9 Å². The summed E-state index contributed by atoms with van der Waals surface area (Å²) < 4.78 is 6.36. The molecule has 1 atom stereocenters. The molecule has 1 aliphatic carbocycles. The Labute approximate surface area is 183 Å². The zero-order valence-electron chi connectivity index (χ0n) is 17.2. The molecule has 0 saturated heterocycles. The number of hydrogen-bond acceptors (Lipinski definition) is 6. The minimum Gasteiger partial charge on any atom is -0.451 e. The van der Waals surface area contributed by atoms with Crippen molar-refractivity contribution in [2.45, 2.75) is 31.2 Å². The lowest BCUT2D eigenvalue weighted by Gasteiger charge is -2.43. The highest BCUT2D eigenvalue weighted by molar-refractivity contribution is 6.31. The van der Waals surface area contributed by atoms with Crippen LogP contribution < -0.4 is 0 Å². The van der Waals surface area contributed by atoms with Crippen molar-refractivity contribution < 1.29 is 24.0 Å². The quantitative estimate of drug-likeness (QED) is 0.381. The first kappa shape index (κ1) is 22.5. The van der Waals surface area contributed by atoms with Gasteiger partial charge in [-0.2, -0.15) is 0 Å². The van der Waals surface area contributed by atoms with Crippen LogP contribution in [0.25, 0.3) is 0 Å². The fourth-order valence-electron chi connectivity index (χ4n) is 3.99. The maximum absolute atomic E-state index is 13.1. The predicted molar refractivity (Wildman–Crippen MR) is 112 cm³/mol. The third kappa shape index (κ3) is 4.18. The number of rotatable bonds is 6. The van der Waals surface area contributed by atoms with E-state index in [1.54, 1.807) is 24.3 Å². The van der Waals surface area contributed by atoms with Crippen LogP contribution in [0.4, 0.5) is 5.69 Å². The van der Waals surface area contributed by atoms with Crippen molar-refractivity contribution in [3.63, 3.8) is 0 Å². The normalized spacial score (nSPS) is 18.5. The fourth-order valence-corrected chi connectivity index (χ4v) is 4.28. The van der Waals surface area contributed by atoms with Crippen molar-refractivity contribution in [2.75, 3.05) is 13.7 Å². The Morgan fingerprint density at radius 2 is 2.03 bits per heavy atom. The van der Waals surface area contributed by atoms with Gasteiger partial charge in [-0.3, -0.25) is 19.7 Å². The number of carbonyl (C=O) groups is 3. The molecular formula is C21H22ClN3O6. The fraction of sp³-hybridized carbons (Fsp3) is 0.381. The topological polar surface area (TPSA) is 112 Å². The van der Waals surface area contributed by atoms with Gasteiger partial charge in [-0.25, -0.2) is 4.79 Å². The van der Waals surface area contributed by atoms with Gasteiger partial charge in [-0.1, -0.05) is 29.8 Å². The minimum absolute atomic E-state index is 0.0586. The van der Waals surface area contributed by atoms with Crippen molar-refractivity contribution in [1.29, 1.82) is 0 Å². The lowest BCUT2D eigenvalue weighted by atomic mass is 9.74. The Morgan fingerprint density at radius 1 is 1.32 bits per heavy atom. The third-order valence-electron chi connectivity index (χ3n) is 5.66. The lowest BCUT2D eigenvalue weighted by molar-refractivity contribution is -0.384. The number of benzene rings is 1. The average Bonchev–Trinajstić information content (AvgIpc) is 3.14. The molecule has 1 heterocycles. The first-order valence-electron chi connectivity index (χ1n) is 9.71. The predicted octanol–water partition coefficient (Wildman–Crippen LogP) is 3.24. The second kappa shape index (κ2) is 8.89. The summed E-state index contributed by atoms with van der Waals surface area (Å²) in [7, 11) is 2.96. The molecule has 0 bridgehead atoms. The van der Waals surface area contributed by atoms with E-state index in [9.17, 15) is 24.5 Å². The van der Waals surface area contributed by atoms with E-state index in [4.69, 9.17) is 16.3 Å². The number of halogens is 1. The number of aromatic nitrogens is 1. The highest BCUT2D eigenvalue weighted by Gasteiger charge is 2.48. The first-order chi connectivity index (χ1) is 14.7. The lowest BCUT2D eigenvalue weighted by Crippen LogP contribution is -2.55. The molecule has 2 aromatic rings. The number of aryl methyl sites for hydroxylation is 1. The summed E-state index contributed by atoms with van der Waals surface area (Å²) in [6.45, 7) is -0.617. The minimum atomic E-state index is -1.23. The molecule has 31 heavy (non-hydrogen) atoms. The second-order valence-corrected chi connectivity index (χ2v) is 7.86. The van der Waals surface area contributed by atoms with E-state index in [1.165, 1.54) is 29.8 Å². The molecule has 1 unspecified atom stereocenters. The largest absolute Gasteiger partial charge is 0.451 e. The number of hydrogen-bond donors (Lipinski definition) is 0. The molecule has 1 amide bonds. The van der Waals surface area contributed by atoms with E-state index in [0.717, 1.165) is 18.9 Å². The zero-order valence-corrected chi connectivity index (χ0v) is 17.9. The number of amides is 1. The molecule has 1 saturated carbocycles. The monoisotopic (exact) mass is 447 g/mol. The third-order valence-corrected chi connectivity index (χ3v) is 5.99. The molecule has 0 spiro atoms. The number of nitrogens with zero attached hydrogens (tertiary/aromatic N) is 3. The van der Waals surface area contributed by atoms with Crippen LogP contribution in [0.1, 0.15) is 41.7 Å². The van der Waals surface area contributed by atoms with Crippen LogP contribution >= 0.6 is 11.6 Å². The maximum Gasteiger partial charge on any atom is 0.355 e. The van der Waals surface area contributed by atoms with E-state index in [2.05, 4.69) is 0 Å². The van der Waals surface area contributed by atoms with Crippen LogP contribution in [0.15, 0.2) is 36.5 Å². The van der Waals surface area contributed by atoms with Gasteiger partial charge in [0.2, 0.25) is 0 Å². The van der Waals surface area contributed by atoms with E-state index in [1.807, 2.05) is 0 Å². The molecule has 164 valence electrons. The SMILES string of the molecule is CN(C(=O)COC(=O)c1cc([N+](=O)[O-])cn1C)C1(c2ccccc2Cl)CCCCC1=O. The molecule has 10 heteroatoms. The smallest absolute Gasteiger partial charge is 0.355 e. The molecule has 0 aliphatic heterocycles. The van der Waals surface area contributed by atoms with Crippen LogP contribution in [0.2, 0.25) is 5.02 Å². The average molecular weight is 448 g/mol. The Hall–Kier alpha value is -3.20. The summed E-state index contributed by atoms with van der Waals surface area (Å²) in [5, 5.41) is 11.3. The molecule has 0 N–H and O–H groups in total.